The number of benzene rings is 1. The van der Waals surface area contributed by atoms with Gasteiger partial charge in [0.05, 0.1) is 0 Å². The van der Waals surface area contributed by atoms with Crippen LogP contribution in [0, 0.1) is 5.92 Å². The average Bonchev–Trinajstić information content (AvgIpc) is 3.07. The Morgan fingerprint density at radius 3 is 3.04 bits per heavy atom. The molecular weight excluding hydrogens is 316 g/mol. The smallest absolute Gasteiger partial charge is 0.255 e. The monoisotopic (exact) mass is 340 g/mol. The summed E-state index contributed by atoms with van der Waals surface area (Å²) in [6.45, 7) is 3.88. The molecule has 6 heteroatoms. The van der Waals surface area contributed by atoms with Crippen LogP contribution in [0.5, 0.6) is 5.75 Å². The summed E-state index contributed by atoms with van der Waals surface area (Å²) in [4.78, 5) is 17.6. The highest BCUT2D eigenvalue weighted by molar-refractivity contribution is 5.75. The minimum atomic E-state index is -0.465. The molecule has 25 heavy (non-hydrogen) atoms. The first kappa shape index (κ1) is 17.2. The van der Waals surface area contributed by atoms with Crippen molar-refractivity contribution in [3.8, 4) is 5.75 Å². The maximum atomic E-state index is 10.8. The molecule has 2 heterocycles. The average molecular weight is 340 g/mol. The zero-order valence-corrected chi connectivity index (χ0v) is 14.2. The van der Waals surface area contributed by atoms with E-state index in [2.05, 4.69) is 21.3 Å². The van der Waals surface area contributed by atoms with E-state index in [1.807, 2.05) is 36.4 Å². The van der Waals surface area contributed by atoms with E-state index >= 15 is 0 Å². The van der Waals surface area contributed by atoms with Crippen LogP contribution in [0.25, 0.3) is 0 Å². The van der Waals surface area contributed by atoms with E-state index in [-0.39, 0.29) is 6.61 Å². The first-order valence-electron chi connectivity index (χ1n) is 8.56. The van der Waals surface area contributed by atoms with Crippen LogP contribution in [0.15, 0.2) is 48.7 Å². The predicted molar refractivity (Wildman–Crippen MR) is 97.2 cm³/mol. The molecule has 1 aromatic carbocycles. The van der Waals surface area contributed by atoms with E-state index < -0.39 is 5.91 Å². The minimum Gasteiger partial charge on any atom is -0.484 e. The van der Waals surface area contributed by atoms with Gasteiger partial charge in [0.1, 0.15) is 11.6 Å². The lowest BCUT2D eigenvalue weighted by molar-refractivity contribution is -0.119. The Kier molecular flexibility index (Phi) is 5.85. The maximum absolute atomic E-state index is 10.8. The normalized spacial score (nSPS) is 17.4. The van der Waals surface area contributed by atoms with Crippen molar-refractivity contribution >= 4 is 11.7 Å². The highest BCUT2D eigenvalue weighted by atomic mass is 16.5. The number of hydrogen-bond acceptors (Lipinski definition) is 5. The number of anilines is 1. The third-order valence-corrected chi connectivity index (χ3v) is 4.29. The number of nitrogens with zero attached hydrogens (tertiary/aromatic N) is 2. The molecule has 0 bridgehead atoms. The first-order chi connectivity index (χ1) is 12.2. The SMILES string of the molecule is NC(=O)COc1cccc(CN2CC[C@@H](CNc3ccccn3)C2)c1. The van der Waals surface area contributed by atoms with Gasteiger partial charge < -0.3 is 15.8 Å². The number of likely N-dealkylation sites (tertiary alicyclic amines) is 1. The maximum Gasteiger partial charge on any atom is 0.255 e. The Bertz CT molecular complexity index is 693. The third kappa shape index (κ3) is 5.46. The molecule has 3 N–H and O–H groups in total. The van der Waals surface area contributed by atoms with Gasteiger partial charge in [-0.05, 0) is 48.7 Å². The van der Waals surface area contributed by atoms with E-state index in [9.17, 15) is 4.79 Å². The topological polar surface area (TPSA) is 80.5 Å². The van der Waals surface area contributed by atoms with Crippen LogP contribution in [0.2, 0.25) is 0 Å². The summed E-state index contributed by atoms with van der Waals surface area (Å²) in [5, 5.41) is 3.41. The summed E-state index contributed by atoms with van der Waals surface area (Å²) in [6, 6.07) is 13.7. The molecule has 1 atom stereocenters. The summed E-state index contributed by atoms with van der Waals surface area (Å²) in [7, 11) is 0. The second-order valence-corrected chi connectivity index (χ2v) is 6.39. The molecule has 1 aliphatic rings. The molecule has 0 saturated carbocycles. The van der Waals surface area contributed by atoms with Crippen molar-refractivity contribution in [2.45, 2.75) is 13.0 Å². The lowest BCUT2D eigenvalue weighted by Crippen LogP contribution is -2.23. The Morgan fingerprint density at radius 1 is 1.32 bits per heavy atom. The fourth-order valence-electron chi connectivity index (χ4n) is 3.09. The van der Waals surface area contributed by atoms with Crippen molar-refractivity contribution in [2.24, 2.45) is 11.7 Å². The highest BCUT2D eigenvalue weighted by Gasteiger charge is 2.22. The Labute approximate surface area is 148 Å². The molecule has 0 spiro atoms. The van der Waals surface area contributed by atoms with Crippen LogP contribution in [0.1, 0.15) is 12.0 Å². The number of hydrogen-bond donors (Lipinski definition) is 2. The van der Waals surface area contributed by atoms with Gasteiger partial charge in [0.2, 0.25) is 0 Å². The van der Waals surface area contributed by atoms with Crippen LogP contribution in [0.3, 0.4) is 0 Å². The molecule has 1 amide bonds. The Balaban J connectivity index is 1.46. The Hall–Kier alpha value is -2.60. The zero-order chi connectivity index (χ0) is 17.5. The molecule has 0 unspecified atom stereocenters. The molecule has 1 aliphatic heterocycles. The van der Waals surface area contributed by atoms with Gasteiger partial charge in [-0.25, -0.2) is 4.98 Å². The van der Waals surface area contributed by atoms with Crippen LogP contribution >= 0.6 is 0 Å². The van der Waals surface area contributed by atoms with Crippen molar-refractivity contribution < 1.29 is 9.53 Å². The predicted octanol–water partition coefficient (Wildman–Crippen LogP) is 1.88. The number of primary amides is 1. The van der Waals surface area contributed by atoms with Crippen LogP contribution < -0.4 is 15.8 Å². The van der Waals surface area contributed by atoms with E-state index in [0.29, 0.717) is 11.7 Å². The van der Waals surface area contributed by atoms with E-state index in [1.165, 1.54) is 12.0 Å². The lowest BCUT2D eigenvalue weighted by atomic mass is 10.1. The van der Waals surface area contributed by atoms with E-state index in [0.717, 1.165) is 32.0 Å². The number of nitrogens with one attached hydrogen (secondary N) is 1. The number of ether oxygens (including phenoxy) is 1. The molecule has 3 rings (SSSR count). The molecule has 0 aliphatic carbocycles. The number of amides is 1. The van der Waals surface area contributed by atoms with Crippen molar-refractivity contribution in [1.29, 1.82) is 0 Å². The summed E-state index contributed by atoms with van der Waals surface area (Å²) in [6.07, 6.45) is 2.98. The van der Waals surface area contributed by atoms with Crippen molar-refractivity contribution in [3.63, 3.8) is 0 Å². The van der Waals surface area contributed by atoms with Gasteiger partial charge in [-0.2, -0.15) is 0 Å². The number of aromatic nitrogens is 1. The van der Waals surface area contributed by atoms with Crippen molar-refractivity contribution in [1.82, 2.24) is 9.88 Å². The minimum absolute atomic E-state index is 0.0889. The summed E-state index contributed by atoms with van der Waals surface area (Å²) in [5.41, 5.74) is 6.29. The van der Waals surface area contributed by atoms with E-state index in [4.69, 9.17) is 10.5 Å². The third-order valence-electron chi connectivity index (χ3n) is 4.29. The van der Waals surface area contributed by atoms with Gasteiger partial charge in [0, 0.05) is 25.8 Å². The fourth-order valence-corrected chi connectivity index (χ4v) is 3.09. The van der Waals surface area contributed by atoms with Crippen molar-refractivity contribution in [2.75, 3.05) is 31.6 Å². The van der Waals surface area contributed by atoms with Crippen LogP contribution in [0.4, 0.5) is 5.82 Å². The second-order valence-electron chi connectivity index (χ2n) is 6.39. The molecule has 0 radical (unpaired) electrons. The molecule has 1 aromatic heterocycles. The molecule has 1 fully saturated rings. The lowest BCUT2D eigenvalue weighted by Gasteiger charge is -2.17. The van der Waals surface area contributed by atoms with E-state index in [1.54, 1.807) is 6.20 Å². The number of rotatable bonds is 8. The van der Waals surface area contributed by atoms with Gasteiger partial charge in [-0.3, -0.25) is 9.69 Å². The van der Waals surface area contributed by atoms with Crippen LogP contribution in [-0.2, 0) is 11.3 Å². The van der Waals surface area contributed by atoms with Gasteiger partial charge in [-0.1, -0.05) is 18.2 Å². The van der Waals surface area contributed by atoms with Crippen LogP contribution in [-0.4, -0.2) is 42.0 Å². The second kappa shape index (κ2) is 8.48. The molecular formula is C19H24N4O2. The number of carbonyl (C=O) groups is 1. The molecule has 6 nitrogen and oxygen atoms in total. The fraction of sp³-hybridized carbons (Fsp3) is 0.368. The zero-order valence-electron chi connectivity index (χ0n) is 14.2. The molecule has 2 aromatic rings. The quantitative estimate of drug-likeness (QED) is 0.767. The standard InChI is InChI=1S/C19H24N4O2/c20-18(24)14-25-17-5-3-4-15(10-17)12-23-9-7-16(13-23)11-22-19-6-1-2-8-21-19/h1-6,8,10,16H,7,9,11-14H2,(H2,20,24)(H,21,22)/t16-/m0/s1. The van der Waals surface area contributed by atoms with Gasteiger partial charge >= 0.3 is 0 Å². The molecule has 132 valence electrons. The summed E-state index contributed by atoms with van der Waals surface area (Å²) in [5.74, 6) is 1.77. The molecule has 1 saturated heterocycles. The number of carbonyl (C=O) groups excluding carboxylic acids is 1. The number of pyridine rings is 1. The van der Waals surface area contributed by atoms with Gasteiger partial charge in [0.15, 0.2) is 6.61 Å². The summed E-state index contributed by atoms with van der Waals surface area (Å²) >= 11 is 0. The summed E-state index contributed by atoms with van der Waals surface area (Å²) < 4.78 is 5.37. The Morgan fingerprint density at radius 2 is 2.24 bits per heavy atom. The number of nitrogens with two attached hydrogens (primary N) is 1. The van der Waals surface area contributed by atoms with Gasteiger partial charge in [-0.15, -0.1) is 0 Å². The van der Waals surface area contributed by atoms with Crippen molar-refractivity contribution in [3.05, 3.63) is 54.2 Å². The highest BCUT2D eigenvalue weighted by Crippen LogP contribution is 2.21. The van der Waals surface area contributed by atoms with Gasteiger partial charge in [0.25, 0.3) is 5.91 Å². The first-order valence-corrected chi connectivity index (χ1v) is 8.56. The largest absolute Gasteiger partial charge is 0.484 e.